The number of benzene rings is 2. The highest BCUT2D eigenvalue weighted by atomic mass is 19.4. The highest BCUT2D eigenvalue weighted by Gasteiger charge is 2.31. The Labute approximate surface area is 162 Å². The Balaban J connectivity index is 1.70. The van der Waals surface area contributed by atoms with E-state index in [0.29, 0.717) is 24.6 Å². The number of hydrogen-bond acceptors (Lipinski definition) is 3. The van der Waals surface area contributed by atoms with Crippen LogP contribution in [0.5, 0.6) is 0 Å². The summed E-state index contributed by atoms with van der Waals surface area (Å²) in [6, 6.07) is 12.9. The highest BCUT2D eigenvalue weighted by molar-refractivity contribution is 5.94. The van der Waals surface area contributed by atoms with Crippen molar-refractivity contribution in [3.05, 3.63) is 59.7 Å². The van der Waals surface area contributed by atoms with Gasteiger partial charge in [-0.05, 0) is 55.6 Å². The molecule has 0 aromatic heterocycles. The lowest BCUT2D eigenvalue weighted by Crippen LogP contribution is -2.17. The molecule has 0 bridgehead atoms. The van der Waals surface area contributed by atoms with Crippen molar-refractivity contribution >= 4 is 17.3 Å². The van der Waals surface area contributed by atoms with E-state index in [0.717, 1.165) is 43.6 Å². The molecular formula is C21H24F3N3O. The van der Waals surface area contributed by atoms with Gasteiger partial charge in [-0.15, -0.1) is 0 Å². The number of amides is 1. The topological polar surface area (TPSA) is 53.2 Å². The third-order valence-corrected chi connectivity index (χ3v) is 4.89. The first-order chi connectivity index (χ1) is 13.4. The van der Waals surface area contributed by atoms with Crippen molar-refractivity contribution in [3.63, 3.8) is 0 Å². The molecule has 1 saturated heterocycles. The van der Waals surface area contributed by atoms with E-state index in [2.05, 4.69) is 16.0 Å². The molecule has 1 heterocycles. The Morgan fingerprint density at radius 1 is 1.11 bits per heavy atom. The summed E-state index contributed by atoms with van der Waals surface area (Å²) < 4.78 is 39.3. The molecule has 2 aromatic rings. The molecule has 28 heavy (non-hydrogen) atoms. The molecule has 0 spiro atoms. The SMILES string of the molecule is O=C(CCC1CCNC1)Nc1cc(C(F)(F)F)ccc1NCc1ccccc1. The monoisotopic (exact) mass is 391 g/mol. The molecule has 1 aliphatic heterocycles. The van der Waals surface area contributed by atoms with Gasteiger partial charge in [-0.2, -0.15) is 13.2 Å². The molecule has 1 amide bonds. The number of carbonyl (C=O) groups excluding carboxylic acids is 1. The van der Waals surface area contributed by atoms with Gasteiger partial charge in [-0.3, -0.25) is 4.79 Å². The summed E-state index contributed by atoms with van der Waals surface area (Å²) in [6.45, 7) is 2.29. The van der Waals surface area contributed by atoms with Crippen molar-refractivity contribution in [1.82, 2.24) is 5.32 Å². The van der Waals surface area contributed by atoms with Crippen LogP contribution in [0.15, 0.2) is 48.5 Å². The van der Waals surface area contributed by atoms with E-state index in [1.807, 2.05) is 30.3 Å². The second-order valence-electron chi connectivity index (χ2n) is 7.04. The maximum absolute atomic E-state index is 13.1. The predicted octanol–water partition coefficient (Wildman–Crippen LogP) is 4.65. The molecule has 2 aromatic carbocycles. The van der Waals surface area contributed by atoms with Crippen molar-refractivity contribution in [3.8, 4) is 0 Å². The minimum atomic E-state index is -4.47. The fraction of sp³-hybridized carbons (Fsp3) is 0.381. The third kappa shape index (κ3) is 5.73. The maximum atomic E-state index is 13.1. The summed E-state index contributed by atoms with van der Waals surface area (Å²) in [4.78, 5) is 12.3. The standard InChI is InChI=1S/C21H24F3N3O/c22-21(23,24)17-7-8-18(26-14-15-4-2-1-3-5-15)19(12-17)27-20(28)9-6-16-10-11-25-13-16/h1-5,7-8,12,16,25-26H,6,9-11,13-14H2,(H,27,28). The van der Waals surface area contributed by atoms with Crippen LogP contribution < -0.4 is 16.0 Å². The van der Waals surface area contributed by atoms with E-state index >= 15 is 0 Å². The summed E-state index contributed by atoms with van der Waals surface area (Å²) in [6.07, 6.45) is -2.42. The smallest absolute Gasteiger partial charge is 0.379 e. The summed E-state index contributed by atoms with van der Waals surface area (Å²) >= 11 is 0. The Morgan fingerprint density at radius 3 is 2.57 bits per heavy atom. The molecule has 0 radical (unpaired) electrons. The van der Waals surface area contributed by atoms with Crippen molar-refractivity contribution in [2.75, 3.05) is 23.7 Å². The van der Waals surface area contributed by atoms with Gasteiger partial charge < -0.3 is 16.0 Å². The van der Waals surface area contributed by atoms with E-state index in [-0.39, 0.29) is 11.6 Å². The zero-order chi connectivity index (χ0) is 20.0. The number of rotatable bonds is 7. The molecule has 3 N–H and O–H groups in total. The molecule has 0 aliphatic carbocycles. The quantitative estimate of drug-likeness (QED) is 0.644. The average Bonchev–Trinajstić information content (AvgIpc) is 3.19. The highest BCUT2D eigenvalue weighted by Crippen LogP contribution is 2.34. The minimum Gasteiger partial charge on any atom is -0.379 e. The van der Waals surface area contributed by atoms with Crippen LogP contribution in [0.1, 0.15) is 30.4 Å². The van der Waals surface area contributed by atoms with Crippen LogP contribution in [0.2, 0.25) is 0 Å². The molecule has 1 aliphatic rings. The fourth-order valence-corrected chi connectivity index (χ4v) is 3.28. The van der Waals surface area contributed by atoms with Gasteiger partial charge in [0.25, 0.3) is 0 Å². The Bertz CT molecular complexity index is 787. The second kappa shape index (κ2) is 9.10. The van der Waals surface area contributed by atoms with Crippen LogP contribution in [0.4, 0.5) is 24.5 Å². The Kier molecular flexibility index (Phi) is 6.57. The van der Waals surface area contributed by atoms with Crippen LogP contribution >= 0.6 is 0 Å². The number of halogens is 3. The maximum Gasteiger partial charge on any atom is 0.416 e. The fourth-order valence-electron chi connectivity index (χ4n) is 3.28. The molecule has 150 valence electrons. The predicted molar refractivity (Wildman–Crippen MR) is 104 cm³/mol. The molecule has 1 unspecified atom stereocenters. The van der Waals surface area contributed by atoms with Gasteiger partial charge in [0.15, 0.2) is 0 Å². The van der Waals surface area contributed by atoms with Crippen LogP contribution in [-0.2, 0) is 17.5 Å². The van der Waals surface area contributed by atoms with Crippen LogP contribution in [0, 0.1) is 5.92 Å². The van der Waals surface area contributed by atoms with E-state index < -0.39 is 11.7 Å². The lowest BCUT2D eigenvalue weighted by molar-refractivity contribution is -0.137. The van der Waals surface area contributed by atoms with E-state index in [4.69, 9.17) is 0 Å². The lowest BCUT2D eigenvalue weighted by Gasteiger charge is -2.16. The number of anilines is 2. The first-order valence-corrected chi connectivity index (χ1v) is 9.41. The summed E-state index contributed by atoms with van der Waals surface area (Å²) in [5, 5.41) is 9.02. The van der Waals surface area contributed by atoms with Gasteiger partial charge in [0.2, 0.25) is 5.91 Å². The number of hydrogen-bond donors (Lipinski definition) is 3. The van der Waals surface area contributed by atoms with Crippen molar-refractivity contribution in [2.24, 2.45) is 5.92 Å². The van der Waals surface area contributed by atoms with Crippen molar-refractivity contribution in [1.29, 1.82) is 0 Å². The molecule has 4 nitrogen and oxygen atoms in total. The molecule has 0 saturated carbocycles. The van der Waals surface area contributed by atoms with Gasteiger partial charge in [0.05, 0.1) is 16.9 Å². The molecule has 3 rings (SSSR count). The van der Waals surface area contributed by atoms with Gasteiger partial charge in [-0.25, -0.2) is 0 Å². The van der Waals surface area contributed by atoms with Crippen LogP contribution in [-0.4, -0.2) is 19.0 Å². The van der Waals surface area contributed by atoms with Gasteiger partial charge in [0, 0.05) is 13.0 Å². The Morgan fingerprint density at radius 2 is 1.89 bits per heavy atom. The van der Waals surface area contributed by atoms with Crippen LogP contribution in [0.3, 0.4) is 0 Å². The minimum absolute atomic E-state index is 0.153. The first kappa shape index (κ1) is 20.2. The molecular weight excluding hydrogens is 367 g/mol. The van der Waals surface area contributed by atoms with E-state index in [1.165, 1.54) is 6.07 Å². The van der Waals surface area contributed by atoms with E-state index in [1.54, 1.807) is 0 Å². The first-order valence-electron chi connectivity index (χ1n) is 9.41. The molecule has 7 heteroatoms. The van der Waals surface area contributed by atoms with Crippen LogP contribution in [0.25, 0.3) is 0 Å². The normalized spacial score (nSPS) is 16.8. The average molecular weight is 391 g/mol. The summed E-state index contributed by atoms with van der Waals surface area (Å²) in [5.41, 5.74) is 0.828. The van der Waals surface area contributed by atoms with Gasteiger partial charge in [0.1, 0.15) is 0 Å². The Hall–Kier alpha value is -2.54. The lowest BCUT2D eigenvalue weighted by atomic mass is 10.0. The third-order valence-electron chi connectivity index (χ3n) is 4.89. The van der Waals surface area contributed by atoms with Crippen molar-refractivity contribution < 1.29 is 18.0 Å². The largest absolute Gasteiger partial charge is 0.416 e. The van der Waals surface area contributed by atoms with Crippen molar-refractivity contribution in [2.45, 2.75) is 32.0 Å². The summed E-state index contributed by atoms with van der Waals surface area (Å²) in [7, 11) is 0. The zero-order valence-corrected chi connectivity index (χ0v) is 15.5. The molecule has 1 atom stereocenters. The zero-order valence-electron chi connectivity index (χ0n) is 15.5. The van der Waals surface area contributed by atoms with Gasteiger partial charge in [-0.1, -0.05) is 30.3 Å². The van der Waals surface area contributed by atoms with Gasteiger partial charge >= 0.3 is 6.18 Å². The number of carbonyl (C=O) groups is 1. The molecule has 1 fully saturated rings. The summed E-state index contributed by atoms with van der Waals surface area (Å²) in [5.74, 6) is 0.178. The number of alkyl halides is 3. The van der Waals surface area contributed by atoms with E-state index in [9.17, 15) is 18.0 Å². The second-order valence-corrected chi connectivity index (χ2v) is 7.04. The number of nitrogens with one attached hydrogen (secondary N) is 3.